The number of carbonyl (C=O) groups is 2. The van der Waals surface area contributed by atoms with Crippen molar-refractivity contribution >= 4 is 11.9 Å². The molecule has 0 radical (unpaired) electrons. The minimum absolute atomic E-state index is 0.180. The molecular weight excluding hydrogens is 296 g/mol. The van der Waals surface area contributed by atoms with Crippen molar-refractivity contribution in [2.75, 3.05) is 14.2 Å². The summed E-state index contributed by atoms with van der Waals surface area (Å²) in [7, 11) is 2.75. The molecule has 0 amide bonds. The molecule has 0 bridgehead atoms. The van der Waals surface area contributed by atoms with Crippen LogP contribution in [0.5, 0.6) is 0 Å². The van der Waals surface area contributed by atoms with Crippen LogP contribution in [0.25, 0.3) is 0 Å². The van der Waals surface area contributed by atoms with Crippen molar-refractivity contribution in [3.05, 3.63) is 71.3 Å². The van der Waals surface area contributed by atoms with Crippen LogP contribution >= 0.6 is 0 Å². The first-order valence-electron chi connectivity index (χ1n) is 7.07. The van der Waals surface area contributed by atoms with Gasteiger partial charge in [-0.3, -0.25) is 0 Å². The van der Waals surface area contributed by atoms with E-state index in [0.717, 1.165) is 5.56 Å². The number of hydrogen-bond acceptors (Lipinski definition) is 5. The zero-order chi connectivity index (χ0) is 16.7. The summed E-state index contributed by atoms with van der Waals surface area (Å²) in [6.07, 6.45) is -0.842. The van der Waals surface area contributed by atoms with Gasteiger partial charge in [0.25, 0.3) is 0 Å². The van der Waals surface area contributed by atoms with Crippen LogP contribution in [0.4, 0.5) is 0 Å². The molecule has 5 heteroatoms. The fourth-order valence-corrected chi connectivity index (χ4v) is 2.08. The summed E-state index contributed by atoms with van der Waals surface area (Å²) in [4.78, 5) is 23.6. The molecule has 0 saturated carbocycles. The summed E-state index contributed by atoms with van der Waals surface area (Å²) < 4.78 is 15.1. The molecule has 1 atom stereocenters. The standard InChI is InChI=1S/C18H18O5/c1-21-16(14-8-10-15(11-9-14)17(19)22-2)18(20)23-12-13-6-4-3-5-7-13/h3-11,16H,12H2,1-2H3. The topological polar surface area (TPSA) is 61.8 Å². The first kappa shape index (κ1) is 16.7. The Morgan fingerprint density at radius 3 is 2.17 bits per heavy atom. The fraction of sp³-hybridized carbons (Fsp3) is 0.222. The monoisotopic (exact) mass is 314 g/mol. The maximum Gasteiger partial charge on any atom is 0.340 e. The molecular formula is C18H18O5. The van der Waals surface area contributed by atoms with Crippen LogP contribution < -0.4 is 0 Å². The first-order chi connectivity index (χ1) is 11.2. The Balaban J connectivity index is 2.03. The number of benzene rings is 2. The number of ether oxygens (including phenoxy) is 3. The lowest BCUT2D eigenvalue weighted by atomic mass is 10.1. The van der Waals surface area contributed by atoms with Crippen LogP contribution in [0, 0.1) is 0 Å². The van der Waals surface area contributed by atoms with Gasteiger partial charge >= 0.3 is 11.9 Å². The highest BCUT2D eigenvalue weighted by Crippen LogP contribution is 2.20. The fourth-order valence-electron chi connectivity index (χ4n) is 2.08. The highest BCUT2D eigenvalue weighted by molar-refractivity contribution is 5.89. The Morgan fingerprint density at radius 1 is 0.957 bits per heavy atom. The maximum absolute atomic E-state index is 12.2. The minimum atomic E-state index is -0.842. The predicted molar refractivity (Wildman–Crippen MR) is 83.8 cm³/mol. The largest absolute Gasteiger partial charge is 0.465 e. The Kier molecular flexibility index (Phi) is 5.88. The first-order valence-corrected chi connectivity index (χ1v) is 7.07. The van der Waals surface area contributed by atoms with E-state index in [0.29, 0.717) is 11.1 Å². The van der Waals surface area contributed by atoms with Crippen LogP contribution in [0.15, 0.2) is 54.6 Å². The minimum Gasteiger partial charge on any atom is -0.465 e. The van der Waals surface area contributed by atoms with Crippen LogP contribution in [-0.2, 0) is 25.6 Å². The third kappa shape index (κ3) is 4.40. The molecule has 0 fully saturated rings. The lowest BCUT2D eigenvalue weighted by molar-refractivity contribution is -0.157. The van der Waals surface area contributed by atoms with Gasteiger partial charge in [0.05, 0.1) is 12.7 Å². The molecule has 5 nitrogen and oxygen atoms in total. The molecule has 0 N–H and O–H groups in total. The lowest BCUT2D eigenvalue weighted by Crippen LogP contribution is -2.18. The molecule has 0 saturated heterocycles. The third-order valence-corrected chi connectivity index (χ3v) is 3.31. The van der Waals surface area contributed by atoms with Gasteiger partial charge in [0.15, 0.2) is 6.10 Å². The van der Waals surface area contributed by atoms with E-state index < -0.39 is 18.0 Å². The molecule has 0 heterocycles. The highest BCUT2D eigenvalue weighted by Gasteiger charge is 2.22. The SMILES string of the molecule is COC(=O)c1ccc(C(OC)C(=O)OCc2ccccc2)cc1. The van der Waals surface area contributed by atoms with Crippen LogP contribution in [-0.4, -0.2) is 26.2 Å². The van der Waals surface area contributed by atoms with Crippen molar-refractivity contribution < 1.29 is 23.8 Å². The number of carbonyl (C=O) groups excluding carboxylic acids is 2. The second-order valence-corrected chi connectivity index (χ2v) is 4.82. The highest BCUT2D eigenvalue weighted by atomic mass is 16.6. The molecule has 0 aliphatic heterocycles. The quantitative estimate of drug-likeness (QED) is 0.767. The maximum atomic E-state index is 12.2. The third-order valence-electron chi connectivity index (χ3n) is 3.31. The molecule has 23 heavy (non-hydrogen) atoms. The average Bonchev–Trinajstić information content (AvgIpc) is 2.61. The summed E-state index contributed by atoms with van der Waals surface area (Å²) in [5, 5.41) is 0. The van der Waals surface area contributed by atoms with Crippen molar-refractivity contribution in [3.8, 4) is 0 Å². The van der Waals surface area contributed by atoms with Gasteiger partial charge in [-0.15, -0.1) is 0 Å². The number of hydrogen-bond donors (Lipinski definition) is 0. The van der Waals surface area contributed by atoms with E-state index >= 15 is 0 Å². The molecule has 1 unspecified atom stereocenters. The summed E-state index contributed by atoms with van der Waals surface area (Å²) in [5.41, 5.74) is 1.92. The second-order valence-electron chi connectivity index (χ2n) is 4.82. The van der Waals surface area contributed by atoms with Crippen molar-refractivity contribution in [1.82, 2.24) is 0 Å². The molecule has 0 aliphatic rings. The van der Waals surface area contributed by atoms with Gasteiger partial charge in [-0.25, -0.2) is 9.59 Å². The van der Waals surface area contributed by atoms with Crippen molar-refractivity contribution in [2.45, 2.75) is 12.7 Å². The van der Waals surface area contributed by atoms with E-state index in [9.17, 15) is 9.59 Å². The second kappa shape index (κ2) is 8.10. The predicted octanol–water partition coefficient (Wildman–Crippen LogP) is 2.90. The van der Waals surface area contributed by atoms with Gasteiger partial charge in [-0.2, -0.15) is 0 Å². The summed E-state index contributed by atoms with van der Waals surface area (Å²) >= 11 is 0. The van der Waals surface area contributed by atoms with Gasteiger partial charge in [0, 0.05) is 7.11 Å². The smallest absolute Gasteiger partial charge is 0.340 e. The molecule has 2 aromatic carbocycles. The van der Waals surface area contributed by atoms with Gasteiger partial charge < -0.3 is 14.2 Å². The van der Waals surface area contributed by atoms with Crippen molar-refractivity contribution in [3.63, 3.8) is 0 Å². The van der Waals surface area contributed by atoms with E-state index in [1.54, 1.807) is 24.3 Å². The Hall–Kier alpha value is -2.66. The van der Waals surface area contributed by atoms with E-state index in [2.05, 4.69) is 4.74 Å². The normalized spacial score (nSPS) is 11.6. The van der Waals surface area contributed by atoms with Crippen LogP contribution in [0.2, 0.25) is 0 Å². The number of rotatable bonds is 6. The molecule has 0 aromatic heterocycles. The molecule has 0 spiro atoms. The lowest BCUT2D eigenvalue weighted by Gasteiger charge is -2.15. The molecule has 2 aromatic rings. The Morgan fingerprint density at radius 2 is 1.61 bits per heavy atom. The zero-order valence-corrected chi connectivity index (χ0v) is 13.0. The number of esters is 2. The van der Waals surface area contributed by atoms with Crippen LogP contribution in [0.3, 0.4) is 0 Å². The molecule has 120 valence electrons. The van der Waals surface area contributed by atoms with E-state index in [4.69, 9.17) is 9.47 Å². The van der Waals surface area contributed by atoms with E-state index in [-0.39, 0.29) is 6.61 Å². The summed E-state index contributed by atoms with van der Waals surface area (Å²) in [6.45, 7) is 0.180. The average molecular weight is 314 g/mol. The van der Waals surface area contributed by atoms with E-state index in [1.165, 1.54) is 14.2 Å². The van der Waals surface area contributed by atoms with Gasteiger partial charge in [0.2, 0.25) is 0 Å². The number of methoxy groups -OCH3 is 2. The Labute approximate surface area is 134 Å². The van der Waals surface area contributed by atoms with E-state index in [1.807, 2.05) is 30.3 Å². The van der Waals surface area contributed by atoms with Gasteiger partial charge in [-0.1, -0.05) is 42.5 Å². The van der Waals surface area contributed by atoms with Crippen LogP contribution in [0.1, 0.15) is 27.6 Å². The molecule has 2 rings (SSSR count). The summed E-state index contributed by atoms with van der Waals surface area (Å²) in [6, 6.07) is 15.8. The Bertz CT molecular complexity index is 649. The van der Waals surface area contributed by atoms with Gasteiger partial charge in [-0.05, 0) is 23.3 Å². The summed E-state index contributed by atoms with van der Waals surface area (Å²) in [5.74, 6) is -0.917. The van der Waals surface area contributed by atoms with Crippen molar-refractivity contribution in [2.24, 2.45) is 0 Å². The van der Waals surface area contributed by atoms with Gasteiger partial charge in [0.1, 0.15) is 6.61 Å². The van der Waals surface area contributed by atoms with Crippen molar-refractivity contribution in [1.29, 1.82) is 0 Å². The molecule has 0 aliphatic carbocycles. The zero-order valence-electron chi connectivity index (χ0n) is 13.0.